The Kier molecular flexibility index (Phi) is 4.17. The highest BCUT2D eigenvalue weighted by Crippen LogP contribution is 2.36. The molecule has 2 heterocycles. The van der Waals surface area contributed by atoms with Crippen molar-refractivity contribution in [3.63, 3.8) is 0 Å². The summed E-state index contributed by atoms with van der Waals surface area (Å²) in [5.74, 6) is -0.116. The third-order valence-corrected chi connectivity index (χ3v) is 5.26. The molecule has 114 valence electrons. The number of amides is 2. The molecule has 1 aromatic heterocycles. The van der Waals surface area contributed by atoms with E-state index in [4.69, 9.17) is 0 Å². The maximum absolute atomic E-state index is 12.0. The minimum atomic E-state index is -0.113. The van der Waals surface area contributed by atoms with E-state index in [0.717, 1.165) is 21.8 Å². The Morgan fingerprint density at radius 1 is 1.45 bits per heavy atom. The molecule has 0 saturated carbocycles. The number of thioether (sulfide) groups is 1. The Bertz CT molecular complexity index is 742. The van der Waals surface area contributed by atoms with Gasteiger partial charge in [-0.2, -0.15) is 0 Å². The first-order chi connectivity index (χ1) is 10.5. The largest absolute Gasteiger partial charge is 0.324 e. The summed E-state index contributed by atoms with van der Waals surface area (Å²) >= 11 is 2.94. The number of benzene rings is 1. The van der Waals surface area contributed by atoms with Crippen LogP contribution in [0.3, 0.4) is 0 Å². The van der Waals surface area contributed by atoms with E-state index in [2.05, 4.69) is 15.6 Å². The summed E-state index contributed by atoms with van der Waals surface area (Å²) in [7, 11) is 0. The first-order valence-corrected chi connectivity index (χ1v) is 8.59. The maximum Gasteiger partial charge on any atom is 0.237 e. The lowest BCUT2D eigenvalue weighted by Gasteiger charge is -2.21. The quantitative estimate of drug-likeness (QED) is 0.905. The normalized spacial score (nSPS) is 16.8. The maximum atomic E-state index is 12.0. The van der Waals surface area contributed by atoms with Crippen LogP contribution in [-0.2, 0) is 16.0 Å². The Labute approximate surface area is 136 Å². The minimum Gasteiger partial charge on any atom is -0.324 e. The standard InChI is InChI=1S/C15H15N3O2S2/c1-8-7-21-15(16-8)18-13(19)6-10-3-4-12-11(5-10)17-14(20)9(2)22-12/h3-5,7,9H,6H2,1-2H3,(H,17,20)(H,16,18,19). The average Bonchev–Trinajstić information content (AvgIpc) is 2.85. The van der Waals surface area contributed by atoms with Crippen molar-refractivity contribution in [3.05, 3.63) is 34.8 Å². The van der Waals surface area contributed by atoms with Gasteiger partial charge < -0.3 is 10.6 Å². The number of nitrogens with zero attached hydrogens (tertiary/aromatic N) is 1. The second-order valence-corrected chi connectivity index (χ2v) is 7.34. The number of thiazole rings is 1. The van der Waals surface area contributed by atoms with Crippen LogP contribution in [-0.4, -0.2) is 22.0 Å². The molecule has 5 nitrogen and oxygen atoms in total. The highest BCUT2D eigenvalue weighted by Gasteiger charge is 2.23. The number of fused-ring (bicyclic) bond motifs is 1. The SMILES string of the molecule is Cc1csc(NC(=O)Cc2ccc3c(c2)NC(=O)C(C)S3)n1. The summed E-state index contributed by atoms with van der Waals surface area (Å²) in [4.78, 5) is 29.0. The molecule has 7 heteroatoms. The van der Waals surface area contributed by atoms with Crippen LogP contribution in [0.15, 0.2) is 28.5 Å². The van der Waals surface area contributed by atoms with E-state index in [1.54, 1.807) is 0 Å². The summed E-state index contributed by atoms with van der Waals surface area (Å²) in [5, 5.41) is 8.07. The molecule has 0 radical (unpaired) electrons. The highest BCUT2D eigenvalue weighted by molar-refractivity contribution is 8.00. The number of hydrogen-bond donors (Lipinski definition) is 2. The van der Waals surface area contributed by atoms with Crippen molar-refractivity contribution in [2.75, 3.05) is 10.6 Å². The number of carbonyl (C=O) groups is 2. The van der Waals surface area contributed by atoms with Gasteiger partial charge in [-0.3, -0.25) is 9.59 Å². The van der Waals surface area contributed by atoms with Gasteiger partial charge >= 0.3 is 0 Å². The predicted octanol–water partition coefficient (Wildman–Crippen LogP) is 3.07. The Balaban J connectivity index is 1.69. The Morgan fingerprint density at radius 3 is 3.00 bits per heavy atom. The predicted molar refractivity (Wildman–Crippen MR) is 89.6 cm³/mol. The van der Waals surface area contributed by atoms with Crippen molar-refractivity contribution < 1.29 is 9.59 Å². The van der Waals surface area contributed by atoms with Crippen LogP contribution in [0.1, 0.15) is 18.2 Å². The van der Waals surface area contributed by atoms with Crippen LogP contribution >= 0.6 is 23.1 Å². The molecule has 22 heavy (non-hydrogen) atoms. The number of carbonyl (C=O) groups excluding carboxylic acids is 2. The minimum absolute atomic E-state index is 0.00244. The molecular formula is C15H15N3O2S2. The number of anilines is 2. The van der Waals surface area contributed by atoms with Gasteiger partial charge in [0.05, 0.1) is 23.1 Å². The smallest absolute Gasteiger partial charge is 0.237 e. The summed E-state index contributed by atoms with van der Waals surface area (Å²) in [6.07, 6.45) is 0.252. The number of hydrogen-bond acceptors (Lipinski definition) is 5. The van der Waals surface area contributed by atoms with E-state index in [0.29, 0.717) is 5.13 Å². The molecular weight excluding hydrogens is 318 g/mol. The van der Waals surface area contributed by atoms with Gasteiger partial charge in [-0.05, 0) is 31.5 Å². The van der Waals surface area contributed by atoms with Crippen LogP contribution in [0.25, 0.3) is 0 Å². The van der Waals surface area contributed by atoms with E-state index in [1.807, 2.05) is 37.4 Å². The van der Waals surface area contributed by atoms with Gasteiger partial charge in [-0.25, -0.2) is 4.98 Å². The molecule has 1 atom stereocenters. The van der Waals surface area contributed by atoms with Crippen molar-refractivity contribution >= 4 is 45.7 Å². The van der Waals surface area contributed by atoms with Crippen molar-refractivity contribution in [1.82, 2.24) is 4.98 Å². The van der Waals surface area contributed by atoms with Crippen molar-refractivity contribution in [2.45, 2.75) is 30.4 Å². The molecule has 1 aliphatic heterocycles. The Hall–Kier alpha value is -1.86. The highest BCUT2D eigenvalue weighted by atomic mass is 32.2. The molecule has 1 unspecified atom stereocenters. The first-order valence-electron chi connectivity index (χ1n) is 6.83. The molecule has 1 aromatic carbocycles. The van der Waals surface area contributed by atoms with Crippen LogP contribution in [0.2, 0.25) is 0 Å². The van der Waals surface area contributed by atoms with Crippen molar-refractivity contribution in [1.29, 1.82) is 0 Å². The van der Waals surface area contributed by atoms with E-state index in [1.165, 1.54) is 23.1 Å². The van der Waals surface area contributed by atoms with E-state index in [-0.39, 0.29) is 23.5 Å². The van der Waals surface area contributed by atoms with Crippen molar-refractivity contribution in [3.8, 4) is 0 Å². The second kappa shape index (κ2) is 6.10. The van der Waals surface area contributed by atoms with Crippen LogP contribution < -0.4 is 10.6 Å². The molecule has 0 aliphatic carbocycles. The summed E-state index contributed by atoms with van der Waals surface area (Å²) in [6.45, 7) is 3.76. The van der Waals surface area contributed by atoms with E-state index in [9.17, 15) is 9.59 Å². The third-order valence-electron chi connectivity index (χ3n) is 3.20. The van der Waals surface area contributed by atoms with Gasteiger partial charge in [0.25, 0.3) is 0 Å². The number of nitrogens with one attached hydrogen (secondary N) is 2. The third kappa shape index (κ3) is 3.31. The average molecular weight is 333 g/mol. The van der Waals surface area contributed by atoms with Gasteiger partial charge in [0.1, 0.15) is 0 Å². The summed E-state index contributed by atoms with van der Waals surface area (Å²) in [6, 6.07) is 5.73. The lowest BCUT2D eigenvalue weighted by Crippen LogP contribution is -2.26. The number of rotatable bonds is 3. The molecule has 0 fully saturated rings. The lowest BCUT2D eigenvalue weighted by molar-refractivity contribution is -0.116. The monoisotopic (exact) mass is 333 g/mol. The summed E-state index contributed by atoms with van der Waals surface area (Å²) in [5.41, 5.74) is 2.53. The van der Waals surface area contributed by atoms with Gasteiger partial charge in [0.15, 0.2) is 5.13 Å². The number of aromatic nitrogens is 1. The Morgan fingerprint density at radius 2 is 2.27 bits per heavy atom. The first kappa shape index (κ1) is 15.1. The van der Waals surface area contributed by atoms with Crippen LogP contribution in [0.5, 0.6) is 0 Å². The molecule has 2 aromatic rings. The van der Waals surface area contributed by atoms with Gasteiger partial charge in [-0.1, -0.05) is 6.07 Å². The van der Waals surface area contributed by atoms with Crippen molar-refractivity contribution in [2.24, 2.45) is 0 Å². The van der Waals surface area contributed by atoms with E-state index < -0.39 is 0 Å². The fourth-order valence-corrected chi connectivity index (χ4v) is 3.76. The molecule has 3 rings (SSSR count). The molecule has 2 N–H and O–H groups in total. The van der Waals surface area contributed by atoms with Gasteiger partial charge in [-0.15, -0.1) is 23.1 Å². The fourth-order valence-electron chi connectivity index (χ4n) is 2.13. The molecule has 0 spiro atoms. The summed E-state index contributed by atoms with van der Waals surface area (Å²) < 4.78 is 0. The van der Waals surface area contributed by atoms with Crippen LogP contribution in [0.4, 0.5) is 10.8 Å². The van der Waals surface area contributed by atoms with Gasteiger partial charge in [0, 0.05) is 10.3 Å². The molecule has 0 bridgehead atoms. The topological polar surface area (TPSA) is 71.1 Å². The zero-order valence-corrected chi connectivity index (χ0v) is 13.8. The number of aryl methyl sites for hydroxylation is 1. The zero-order chi connectivity index (χ0) is 15.7. The van der Waals surface area contributed by atoms with Gasteiger partial charge in [0.2, 0.25) is 11.8 Å². The second-order valence-electron chi connectivity index (χ2n) is 5.10. The fraction of sp³-hybridized carbons (Fsp3) is 0.267. The van der Waals surface area contributed by atoms with Crippen LogP contribution in [0, 0.1) is 6.92 Å². The zero-order valence-electron chi connectivity index (χ0n) is 12.2. The van der Waals surface area contributed by atoms with E-state index >= 15 is 0 Å². The molecule has 1 aliphatic rings. The molecule has 0 saturated heterocycles. The molecule has 2 amide bonds. The lowest BCUT2D eigenvalue weighted by atomic mass is 10.1.